The number of nitro groups is 1. The van der Waals surface area contributed by atoms with Gasteiger partial charge in [0.25, 0.3) is 5.69 Å². The van der Waals surface area contributed by atoms with Gasteiger partial charge < -0.3 is 10.1 Å². The van der Waals surface area contributed by atoms with Gasteiger partial charge in [-0.3, -0.25) is 19.8 Å². The van der Waals surface area contributed by atoms with Gasteiger partial charge in [-0.25, -0.2) is 0 Å². The van der Waals surface area contributed by atoms with Gasteiger partial charge in [-0.05, 0) is 23.1 Å². The highest BCUT2D eigenvalue weighted by atomic mass is 32.1. The van der Waals surface area contributed by atoms with Crippen LogP contribution in [0.15, 0.2) is 47.9 Å². The highest BCUT2D eigenvalue weighted by molar-refractivity contribution is 7.10. The molecule has 0 spiro atoms. The van der Waals surface area contributed by atoms with E-state index in [0.29, 0.717) is 25.3 Å². The van der Waals surface area contributed by atoms with E-state index in [0.717, 1.165) is 13.1 Å². The average Bonchev–Trinajstić information content (AvgIpc) is 3.22. The summed E-state index contributed by atoms with van der Waals surface area (Å²) in [5.74, 6) is -0.226. The number of amides is 1. The van der Waals surface area contributed by atoms with Crippen LogP contribution >= 0.6 is 11.3 Å². The number of ether oxygens (including phenoxy) is 1. The molecule has 0 saturated carbocycles. The van der Waals surface area contributed by atoms with E-state index in [1.807, 2.05) is 11.4 Å². The highest BCUT2D eigenvalue weighted by Gasteiger charge is 2.23. The molecule has 2 aromatic rings. The molecular formula is C19H21N3O4S. The summed E-state index contributed by atoms with van der Waals surface area (Å²) in [6, 6.07) is 10.4. The smallest absolute Gasteiger partial charge is 0.270 e. The van der Waals surface area contributed by atoms with Crippen LogP contribution in [0.1, 0.15) is 16.5 Å². The Balaban J connectivity index is 1.60. The molecule has 1 N–H and O–H groups in total. The van der Waals surface area contributed by atoms with Gasteiger partial charge in [-0.15, -0.1) is 11.3 Å². The Hall–Kier alpha value is -2.55. The quantitative estimate of drug-likeness (QED) is 0.449. The van der Waals surface area contributed by atoms with Gasteiger partial charge in [0, 0.05) is 42.7 Å². The first-order valence-corrected chi connectivity index (χ1v) is 9.57. The lowest BCUT2D eigenvalue weighted by molar-refractivity contribution is -0.384. The Labute approximate surface area is 161 Å². The van der Waals surface area contributed by atoms with Crippen LogP contribution in [0, 0.1) is 10.1 Å². The summed E-state index contributed by atoms with van der Waals surface area (Å²) in [5, 5.41) is 15.8. The van der Waals surface area contributed by atoms with E-state index in [4.69, 9.17) is 4.74 Å². The van der Waals surface area contributed by atoms with Gasteiger partial charge in [-0.1, -0.05) is 18.2 Å². The zero-order valence-electron chi connectivity index (χ0n) is 14.7. The second-order valence-corrected chi connectivity index (χ2v) is 7.09. The maximum Gasteiger partial charge on any atom is 0.270 e. The van der Waals surface area contributed by atoms with Gasteiger partial charge in [0.2, 0.25) is 5.91 Å². The largest absolute Gasteiger partial charge is 0.379 e. The predicted molar refractivity (Wildman–Crippen MR) is 105 cm³/mol. The molecule has 8 heteroatoms. The van der Waals surface area contributed by atoms with E-state index in [-0.39, 0.29) is 17.6 Å². The molecule has 0 radical (unpaired) electrons. The van der Waals surface area contributed by atoms with Gasteiger partial charge in [-0.2, -0.15) is 0 Å². The third-order valence-corrected chi connectivity index (χ3v) is 5.31. The number of carbonyl (C=O) groups excluding carboxylic acids is 1. The van der Waals surface area contributed by atoms with Crippen LogP contribution in [-0.2, 0) is 9.53 Å². The number of thiophene rings is 1. The van der Waals surface area contributed by atoms with Crippen molar-refractivity contribution in [1.29, 1.82) is 0 Å². The van der Waals surface area contributed by atoms with Crippen LogP contribution in [-0.4, -0.2) is 48.6 Å². The molecule has 1 amide bonds. The highest BCUT2D eigenvalue weighted by Crippen LogP contribution is 2.25. The van der Waals surface area contributed by atoms with Crippen molar-refractivity contribution >= 4 is 29.0 Å². The molecule has 0 unspecified atom stereocenters. The predicted octanol–water partition coefficient (Wildman–Crippen LogP) is 2.86. The lowest BCUT2D eigenvalue weighted by atomic mass is 10.1. The molecule has 1 fully saturated rings. The van der Waals surface area contributed by atoms with Crippen molar-refractivity contribution in [2.45, 2.75) is 6.04 Å². The molecular weight excluding hydrogens is 366 g/mol. The minimum Gasteiger partial charge on any atom is -0.379 e. The SMILES string of the molecule is O=C(/C=C/c1cccc([N+](=O)[O-])c1)NC[C@H](c1cccs1)N1CCOCC1. The Bertz CT molecular complexity index is 801. The van der Waals surface area contributed by atoms with Gasteiger partial charge in [0.05, 0.1) is 24.2 Å². The monoisotopic (exact) mass is 387 g/mol. The van der Waals surface area contributed by atoms with Crippen LogP contribution in [0.3, 0.4) is 0 Å². The fourth-order valence-electron chi connectivity index (χ4n) is 2.95. The number of hydrogen-bond donors (Lipinski definition) is 1. The first kappa shape index (κ1) is 19.2. The van der Waals surface area contributed by atoms with Crippen molar-refractivity contribution in [2.24, 2.45) is 0 Å². The maximum absolute atomic E-state index is 12.2. The molecule has 2 heterocycles. The Morgan fingerprint density at radius 3 is 2.85 bits per heavy atom. The molecule has 27 heavy (non-hydrogen) atoms. The van der Waals surface area contributed by atoms with E-state index in [1.54, 1.807) is 29.5 Å². The standard InChI is InChI=1S/C19H21N3O4S/c23-19(7-6-15-3-1-4-16(13-15)22(24)25)20-14-17(18-5-2-12-27-18)21-8-10-26-11-9-21/h1-7,12-13,17H,8-11,14H2,(H,20,23)/b7-6+/t17-/m1/s1. The third-order valence-electron chi connectivity index (χ3n) is 4.34. The molecule has 0 bridgehead atoms. The molecule has 1 aromatic heterocycles. The number of nitro benzene ring substituents is 1. The van der Waals surface area contributed by atoms with Gasteiger partial charge >= 0.3 is 0 Å². The maximum atomic E-state index is 12.2. The van der Waals surface area contributed by atoms with Crippen molar-refractivity contribution < 1.29 is 14.5 Å². The summed E-state index contributed by atoms with van der Waals surface area (Å²) in [7, 11) is 0. The van der Waals surface area contributed by atoms with Gasteiger partial charge in [0.1, 0.15) is 0 Å². The number of benzene rings is 1. The van der Waals surface area contributed by atoms with Crippen molar-refractivity contribution in [3.63, 3.8) is 0 Å². The summed E-state index contributed by atoms with van der Waals surface area (Å²) in [6.45, 7) is 3.56. The Kier molecular flexibility index (Phi) is 6.69. The Morgan fingerprint density at radius 2 is 2.15 bits per heavy atom. The van der Waals surface area contributed by atoms with Crippen molar-refractivity contribution in [2.75, 3.05) is 32.8 Å². The molecule has 0 aliphatic carbocycles. The fourth-order valence-corrected chi connectivity index (χ4v) is 3.81. The van der Waals surface area contributed by atoms with Gasteiger partial charge in [0.15, 0.2) is 0 Å². The number of nitrogens with zero attached hydrogens (tertiary/aromatic N) is 2. The third kappa shape index (κ3) is 5.46. The van der Waals surface area contributed by atoms with E-state index in [9.17, 15) is 14.9 Å². The van der Waals surface area contributed by atoms with Crippen molar-refractivity contribution in [3.05, 3.63) is 68.4 Å². The van der Waals surface area contributed by atoms with E-state index < -0.39 is 4.92 Å². The number of carbonyl (C=O) groups is 1. The topological polar surface area (TPSA) is 84.7 Å². The van der Waals surface area contributed by atoms with Crippen molar-refractivity contribution in [1.82, 2.24) is 10.2 Å². The second-order valence-electron chi connectivity index (χ2n) is 6.11. The minimum absolute atomic E-state index is 0.00244. The number of hydrogen-bond acceptors (Lipinski definition) is 6. The minimum atomic E-state index is -0.453. The van der Waals surface area contributed by atoms with Crippen LogP contribution in [0.4, 0.5) is 5.69 Å². The zero-order valence-corrected chi connectivity index (χ0v) is 15.6. The van der Waals surface area contributed by atoms with Crippen LogP contribution in [0.2, 0.25) is 0 Å². The molecule has 1 aromatic carbocycles. The molecule has 3 rings (SSSR count). The summed E-state index contributed by atoms with van der Waals surface area (Å²) in [5.41, 5.74) is 0.616. The first-order valence-electron chi connectivity index (χ1n) is 8.69. The summed E-state index contributed by atoms with van der Waals surface area (Å²) < 4.78 is 5.42. The molecule has 1 atom stereocenters. The average molecular weight is 387 g/mol. The van der Waals surface area contributed by atoms with E-state index >= 15 is 0 Å². The fraction of sp³-hybridized carbons (Fsp3) is 0.316. The van der Waals surface area contributed by atoms with Crippen LogP contribution < -0.4 is 5.32 Å². The number of non-ortho nitro benzene ring substituents is 1. The first-order chi connectivity index (χ1) is 13.1. The summed E-state index contributed by atoms with van der Waals surface area (Å²) in [4.78, 5) is 26.1. The summed E-state index contributed by atoms with van der Waals surface area (Å²) >= 11 is 1.68. The summed E-state index contributed by atoms with van der Waals surface area (Å²) in [6.07, 6.45) is 2.99. The lowest BCUT2D eigenvalue weighted by Gasteiger charge is -2.34. The molecule has 7 nitrogen and oxygen atoms in total. The van der Waals surface area contributed by atoms with Crippen LogP contribution in [0.5, 0.6) is 0 Å². The molecule has 142 valence electrons. The lowest BCUT2D eigenvalue weighted by Crippen LogP contribution is -2.43. The van der Waals surface area contributed by atoms with Crippen molar-refractivity contribution in [3.8, 4) is 0 Å². The number of nitrogens with one attached hydrogen (secondary N) is 1. The molecule has 1 aliphatic rings. The Morgan fingerprint density at radius 1 is 1.33 bits per heavy atom. The second kappa shape index (κ2) is 9.40. The zero-order chi connectivity index (χ0) is 19.1. The van der Waals surface area contributed by atoms with Crippen LogP contribution in [0.25, 0.3) is 6.08 Å². The van der Waals surface area contributed by atoms with E-state index in [1.165, 1.54) is 23.1 Å². The normalized spacial score (nSPS) is 16.3. The van der Waals surface area contributed by atoms with E-state index in [2.05, 4.69) is 16.3 Å². The number of morpholine rings is 1. The number of rotatable bonds is 7. The molecule has 1 aliphatic heterocycles. The molecule has 1 saturated heterocycles.